The van der Waals surface area contributed by atoms with E-state index in [1.165, 1.54) is 6.07 Å². The highest BCUT2D eigenvalue weighted by molar-refractivity contribution is 5.70. The number of aliphatic carboxylic acids is 1. The van der Waals surface area contributed by atoms with E-state index in [0.717, 1.165) is 5.56 Å². The Morgan fingerprint density at radius 1 is 1.33 bits per heavy atom. The maximum absolute atomic E-state index is 13.4. The Labute approximate surface area is 107 Å². The van der Waals surface area contributed by atoms with Gasteiger partial charge in [-0.3, -0.25) is 4.79 Å². The third kappa shape index (κ3) is 3.53. The second-order valence-corrected chi connectivity index (χ2v) is 4.81. The monoisotopic (exact) mass is 253 g/mol. The average molecular weight is 253 g/mol. The summed E-state index contributed by atoms with van der Waals surface area (Å²) in [6.07, 6.45) is 0. The van der Waals surface area contributed by atoms with E-state index in [9.17, 15) is 9.18 Å². The molecule has 0 saturated carbocycles. The van der Waals surface area contributed by atoms with Crippen LogP contribution in [0.2, 0.25) is 0 Å². The number of halogens is 1. The van der Waals surface area contributed by atoms with Crippen LogP contribution in [0.15, 0.2) is 18.2 Å². The summed E-state index contributed by atoms with van der Waals surface area (Å²) in [5, 5.41) is 12.1. The van der Waals surface area contributed by atoms with Gasteiger partial charge in [-0.2, -0.15) is 0 Å². The summed E-state index contributed by atoms with van der Waals surface area (Å²) in [5.74, 6) is -1.56. The van der Waals surface area contributed by atoms with Crippen LogP contribution in [-0.4, -0.2) is 17.1 Å². The van der Waals surface area contributed by atoms with Crippen molar-refractivity contribution in [3.63, 3.8) is 0 Å². The van der Waals surface area contributed by atoms with Gasteiger partial charge in [0.2, 0.25) is 0 Å². The fourth-order valence-electron chi connectivity index (χ4n) is 1.73. The molecule has 1 rings (SSSR count). The van der Waals surface area contributed by atoms with Gasteiger partial charge in [0.1, 0.15) is 5.82 Å². The normalized spacial score (nSPS) is 16.1. The van der Waals surface area contributed by atoms with Crippen LogP contribution in [0, 0.1) is 18.7 Å². The Morgan fingerprint density at radius 2 is 1.94 bits per heavy atom. The third-order valence-electron chi connectivity index (χ3n) is 3.35. The quantitative estimate of drug-likeness (QED) is 0.848. The van der Waals surface area contributed by atoms with Crippen LogP contribution >= 0.6 is 0 Å². The van der Waals surface area contributed by atoms with Gasteiger partial charge in [0.25, 0.3) is 0 Å². The molecule has 0 spiro atoms. The largest absolute Gasteiger partial charge is 0.481 e. The Hall–Kier alpha value is -1.42. The molecule has 0 amide bonds. The first-order chi connectivity index (χ1) is 8.32. The zero-order chi connectivity index (χ0) is 13.9. The van der Waals surface area contributed by atoms with Gasteiger partial charge in [0.05, 0.1) is 5.92 Å². The van der Waals surface area contributed by atoms with Crippen molar-refractivity contribution in [1.82, 2.24) is 5.32 Å². The van der Waals surface area contributed by atoms with Crippen LogP contribution in [0.1, 0.15) is 37.9 Å². The van der Waals surface area contributed by atoms with Gasteiger partial charge in [-0.15, -0.1) is 0 Å². The second kappa shape index (κ2) is 5.96. The maximum Gasteiger partial charge on any atom is 0.307 e. The fourth-order valence-corrected chi connectivity index (χ4v) is 1.73. The smallest absolute Gasteiger partial charge is 0.307 e. The van der Waals surface area contributed by atoms with Gasteiger partial charge < -0.3 is 10.4 Å². The van der Waals surface area contributed by atoms with Crippen molar-refractivity contribution in [3.05, 3.63) is 35.1 Å². The summed E-state index contributed by atoms with van der Waals surface area (Å²) < 4.78 is 13.4. The molecule has 0 aliphatic rings. The molecule has 2 N–H and O–H groups in total. The molecule has 0 heterocycles. The number of aryl methyl sites for hydroxylation is 1. The zero-order valence-corrected chi connectivity index (χ0v) is 11.2. The van der Waals surface area contributed by atoms with Crippen molar-refractivity contribution in [2.45, 2.75) is 39.8 Å². The third-order valence-corrected chi connectivity index (χ3v) is 3.35. The molecule has 1 aromatic carbocycles. The minimum atomic E-state index is -0.836. The summed E-state index contributed by atoms with van der Waals surface area (Å²) in [6.45, 7) is 7.09. The molecule has 4 heteroatoms. The van der Waals surface area contributed by atoms with E-state index in [-0.39, 0.29) is 17.9 Å². The van der Waals surface area contributed by atoms with Gasteiger partial charge in [-0.25, -0.2) is 4.39 Å². The predicted octanol–water partition coefficient (Wildman–Crippen LogP) is 2.89. The van der Waals surface area contributed by atoms with Gasteiger partial charge in [0, 0.05) is 12.1 Å². The first-order valence-corrected chi connectivity index (χ1v) is 6.07. The highest BCUT2D eigenvalue weighted by atomic mass is 19.1. The van der Waals surface area contributed by atoms with Gasteiger partial charge in [0.15, 0.2) is 0 Å². The lowest BCUT2D eigenvalue weighted by Gasteiger charge is -2.23. The number of rotatable bonds is 5. The van der Waals surface area contributed by atoms with E-state index >= 15 is 0 Å². The van der Waals surface area contributed by atoms with Crippen LogP contribution in [0.5, 0.6) is 0 Å². The second-order valence-electron chi connectivity index (χ2n) is 4.81. The summed E-state index contributed by atoms with van der Waals surface area (Å²) >= 11 is 0. The molecule has 1 aromatic rings. The lowest BCUT2D eigenvalue weighted by molar-refractivity contribution is -0.142. The van der Waals surface area contributed by atoms with E-state index in [4.69, 9.17) is 5.11 Å². The first kappa shape index (κ1) is 14.6. The Balaban J connectivity index is 2.73. The van der Waals surface area contributed by atoms with Gasteiger partial charge >= 0.3 is 5.97 Å². The van der Waals surface area contributed by atoms with Crippen molar-refractivity contribution in [2.24, 2.45) is 5.92 Å². The van der Waals surface area contributed by atoms with Crippen LogP contribution in [0.4, 0.5) is 4.39 Å². The predicted molar refractivity (Wildman–Crippen MR) is 68.9 cm³/mol. The number of carboxylic acids is 1. The molecular formula is C14H20FNO2. The number of hydrogen-bond acceptors (Lipinski definition) is 2. The summed E-state index contributed by atoms with van der Waals surface area (Å²) in [4.78, 5) is 10.9. The van der Waals surface area contributed by atoms with Crippen LogP contribution < -0.4 is 5.32 Å². The molecular weight excluding hydrogens is 233 g/mol. The number of carboxylic acid groups (broad SMARTS) is 1. The maximum atomic E-state index is 13.4. The standard InChI is InChI=1S/C14H20FNO2/c1-8-5-6-12(7-13(8)15)11(4)16-10(3)9(2)14(17)18/h5-7,9-11,16H,1-4H3,(H,17,18). The highest BCUT2D eigenvalue weighted by Gasteiger charge is 2.21. The van der Waals surface area contributed by atoms with E-state index in [1.54, 1.807) is 19.9 Å². The minimum Gasteiger partial charge on any atom is -0.481 e. The summed E-state index contributed by atoms with van der Waals surface area (Å²) in [7, 11) is 0. The van der Waals surface area contributed by atoms with Gasteiger partial charge in [-0.05, 0) is 38.0 Å². The van der Waals surface area contributed by atoms with Crippen molar-refractivity contribution < 1.29 is 14.3 Å². The lowest BCUT2D eigenvalue weighted by atomic mass is 10.0. The zero-order valence-electron chi connectivity index (χ0n) is 11.2. The molecule has 0 aliphatic carbocycles. The number of carbonyl (C=O) groups is 1. The van der Waals surface area contributed by atoms with Crippen molar-refractivity contribution in [1.29, 1.82) is 0 Å². The van der Waals surface area contributed by atoms with Crippen molar-refractivity contribution >= 4 is 5.97 Å². The van der Waals surface area contributed by atoms with Crippen molar-refractivity contribution in [2.75, 3.05) is 0 Å². The van der Waals surface area contributed by atoms with Gasteiger partial charge in [-0.1, -0.05) is 19.1 Å². The average Bonchev–Trinajstić information content (AvgIpc) is 2.31. The van der Waals surface area contributed by atoms with Crippen LogP contribution in [-0.2, 0) is 4.79 Å². The minimum absolute atomic E-state index is 0.0862. The van der Waals surface area contributed by atoms with Crippen molar-refractivity contribution in [3.8, 4) is 0 Å². The fraction of sp³-hybridized carbons (Fsp3) is 0.500. The molecule has 0 aromatic heterocycles. The van der Waals surface area contributed by atoms with Crippen LogP contribution in [0.3, 0.4) is 0 Å². The molecule has 100 valence electrons. The molecule has 0 aliphatic heterocycles. The molecule has 0 fully saturated rings. The van der Waals surface area contributed by atoms with E-state index < -0.39 is 11.9 Å². The Morgan fingerprint density at radius 3 is 2.44 bits per heavy atom. The lowest BCUT2D eigenvalue weighted by Crippen LogP contribution is -2.37. The molecule has 3 nitrogen and oxygen atoms in total. The molecule has 3 unspecified atom stereocenters. The molecule has 0 bridgehead atoms. The molecule has 3 atom stereocenters. The van der Waals surface area contributed by atoms with E-state index in [2.05, 4.69) is 5.32 Å². The SMILES string of the molecule is Cc1ccc(C(C)NC(C)C(C)C(=O)O)cc1F. The molecule has 0 saturated heterocycles. The van der Waals surface area contributed by atoms with E-state index in [0.29, 0.717) is 5.56 Å². The number of benzene rings is 1. The first-order valence-electron chi connectivity index (χ1n) is 6.07. The van der Waals surface area contributed by atoms with E-state index in [1.807, 2.05) is 19.9 Å². The van der Waals surface area contributed by atoms with Crippen LogP contribution in [0.25, 0.3) is 0 Å². The molecule has 0 radical (unpaired) electrons. The Kier molecular flexibility index (Phi) is 4.84. The number of nitrogens with one attached hydrogen (secondary N) is 1. The topological polar surface area (TPSA) is 49.3 Å². The highest BCUT2D eigenvalue weighted by Crippen LogP contribution is 2.18. The summed E-state index contributed by atoms with van der Waals surface area (Å²) in [5.41, 5.74) is 1.43. The number of hydrogen-bond donors (Lipinski definition) is 2. The Bertz CT molecular complexity index is 434. The summed E-state index contributed by atoms with van der Waals surface area (Å²) in [6, 6.07) is 4.81. The molecule has 18 heavy (non-hydrogen) atoms.